The average Bonchev–Trinajstić information content (AvgIpc) is 2.79. The summed E-state index contributed by atoms with van der Waals surface area (Å²) in [6, 6.07) is 2.09. The fourth-order valence-electron chi connectivity index (χ4n) is 2.01. The van der Waals surface area contributed by atoms with Crippen LogP contribution in [0.4, 0.5) is 0 Å². The van der Waals surface area contributed by atoms with Gasteiger partial charge in [-0.25, -0.2) is 4.99 Å². The molecule has 1 N–H and O–H groups in total. The Hall–Kier alpha value is -1.50. The molecule has 1 heterocycles. The standard InChI is InChI=1S/C16H28BrN5O/c1-6-7-8-18-16(19-10-15(23)20(2)3)22(5)12-14-9-13(17)11-21(14)4/h9,11H,6-8,10,12H2,1-5H3,(H,18,19). The molecule has 0 aliphatic carbocycles. The van der Waals surface area contributed by atoms with Gasteiger partial charge in [0.2, 0.25) is 5.91 Å². The van der Waals surface area contributed by atoms with Gasteiger partial charge in [0.25, 0.3) is 0 Å². The number of unbranched alkanes of at least 4 members (excludes halogenated alkanes) is 1. The quantitative estimate of drug-likeness (QED) is 0.443. The minimum absolute atomic E-state index is 0.00481. The maximum absolute atomic E-state index is 11.8. The van der Waals surface area contributed by atoms with Crippen molar-refractivity contribution in [1.29, 1.82) is 0 Å². The number of likely N-dealkylation sites (N-methyl/N-ethyl adjacent to an activating group) is 1. The third kappa shape index (κ3) is 6.64. The molecule has 1 aromatic rings. The Morgan fingerprint density at radius 3 is 2.61 bits per heavy atom. The molecule has 1 amide bonds. The molecule has 0 bridgehead atoms. The summed E-state index contributed by atoms with van der Waals surface area (Å²) in [5, 5.41) is 3.35. The summed E-state index contributed by atoms with van der Waals surface area (Å²) in [4.78, 5) is 19.8. The molecule has 0 radical (unpaired) electrons. The van der Waals surface area contributed by atoms with Gasteiger partial charge < -0.3 is 19.7 Å². The van der Waals surface area contributed by atoms with Gasteiger partial charge in [-0.3, -0.25) is 4.79 Å². The molecule has 1 rings (SSSR count). The molecular formula is C16H28BrN5O. The van der Waals surface area contributed by atoms with Crippen LogP contribution < -0.4 is 5.32 Å². The number of aryl methyl sites for hydroxylation is 1. The zero-order valence-corrected chi connectivity index (χ0v) is 16.4. The van der Waals surface area contributed by atoms with E-state index in [1.807, 2.05) is 25.2 Å². The molecule has 0 saturated heterocycles. The molecule has 0 atom stereocenters. The topological polar surface area (TPSA) is 52.9 Å². The van der Waals surface area contributed by atoms with E-state index in [1.165, 1.54) is 5.69 Å². The second-order valence-corrected chi connectivity index (χ2v) is 6.74. The van der Waals surface area contributed by atoms with Gasteiger partial charge >= 0.3 is 0 Å². The minimum atomic E-state index is -0.00481. The number of carbonyl (C=O) groups is 1. The van der Waals surface area contributed by atoms with Crippen LogP contribution in [0.5, 0.6) is 0 Å². The van der Waals surface area contributed by atoms with Crippen molar-refractivity contribution in [2.75, 3.05) is 34.2 Å². The predicted octanol–water partition coefficient (Wildman–Crippen LogP) is 2.05. The second kappa shape index (κ2) is 9.60. The van der Waals surface area contributed by atoms with Gasteiger partial charge in [-0.05, 0) is 28.4 Å². The highest BCUT2D eigenvalue weighted by Gasteiger charge is 2.11. The zero-order valence-electron chi connectivity index (χ0n) is 14.8. The van der Waals surface area contributed by atoms with Gasteiger partial charge in [0.05, 0.1) is 6.54 Å². The largest absolute Gasteiger partial charge is 0.356 e. The second-order valence-electron chi connectivity index (χ2n) is 5.82. The Morgan fingerprint density at radius 1 is 1.39 bits per heavy atom. The van der Waals surface area contributed by atoms with Crippen molar-refractivity contribution in [1.82, 2.24) is 19.7 Å². The lowest BCUT2D eigenvalue weighted by Crippen LogP contribution is -2.40. The molecule has 0 aromatic carbocycles. The summed E-state index contributed by atoms with van der Waals surface area (Å²) in [6.07, 6.45) is 4.22. The number of aromatic nitrogens is 1. The Bertz CT molecular complexity index is 539. The van der Waals surface area contributed by atoms with Crippen LogP contribution in [-0.4, -0.2) is 60.5 Å². The molecule has 1 aromatic heterocycles. The van der Waals surface area contributed by atoms with Crippen LogP contribution in [0.1, 0.15) is 25.5 Å². The van der Waals surface area contributed by atoms with E-state index in [-0.39, 0.29) is 12.5 Å². The first-order valence-corrected chi connectivity index (χ1v) is 8.64. The summed E-state index contributed by atoms with van der Waals surface area (Å²) in [7, 11) is 7.49. The number of halogens is 1. The monoisotopic (exact) mass is 385 g/mol. The fourth-order valence-corrected chi connectivity index (χ4v) is 2.59. The van der Waals surface area contributed by atoms with Crippen molar-refractivity contribution < 1.29 is 4.79 Å². The first kappa shape index (κ1) is 19.5. The predicted molar refractivity (Wildman–Crippen MR) is 98.5 cm³/mol. The minimum Gasteiger partial charge on any atom is -0.356 e. The first-order valence-electron chi connectivity index (χ1n) is 7.85. The highest BCUT2D eigenvalue weighted by Crippen LogP contribution is 2.15. The van der Waals surface area contributed by atoms with E-state index < -0.39 is 0 Å². The van der Waals surface area contributed by atoms with E-state index in [9.17, 15) is 4.79 Å². The molecule has 0 saturated carbocycles. The van der Waals surface area contributed by atoms with Crippen LogP contribution >= 0.6 is 15.9 Å². The zero-order chi connectivity index (χ0) is 17.4. The maximum Gasteiger partial charge on any atom is 0.243 e. The summed E-state index contributed by atoms with van der Waals surface area (Å²) < 4.78 is 3.14. The van der Waals surface area contributed by atoms with Gasteiger partial charge in [0, 0.05) is 51.1 Å². The number of guanidine groups is 1. The highest BCUT2D eigenvalue weighted by molar-refractivity contribution is 9.10. The van der Waals surface area contributed by atoms with Gasteiger partial charge in [-0.1, -0.05) is 13.3 Å². The molecule has 0 unspecified atom stereocenters. The van der Waals surface area contributed by atoms with E-state index in [0.29, 0.717) is 0 Å². The highest BCUT2D eigenvalue weighted by atomic mass is 79.9. The van der Waals surface area contributed by atoms with E-state index in [2.05, 4.69) is 43.8 Å². The maximum atomic E-state index is 11.8. The van der Waals surface area contributed by atoms with E-state index in [4.69, 9.17) is 0 Å². The van der Waals surface area contributed by atoms with Crippen LogP contribution in [0.15, 0.2) is 21.7 Å². The number of amides is 1. The lowest BCUT2D eigenvalue weighted by atomic mass is 10.3. The summed E-state index contributed by atoms with van der Waals surface area (Å²) in [5.41, 5.74) is 1.17. The van der Waals surface area contributed by atoms with Crippen molar-refractivity contribution in [3.05, 3.63) is 22.4 Å². The number of carbonyl (C=O) groups excluding carboxylic acids is 1. The number of hydrogen-bond acceptors (Lipinski definition) is 2. The fraction of sp³-hybridized carbons (Fsp3) is 0.625. The van der Waals surface area contributed by atoms with Crippen LogP contribution in [0, 0.1) is 0 Å². The molecule has 7 heteroatoms. The van der Waals surface area contributed by atoms with Crippen LogP contribution in [0.3, 0.4) is 0 Å². The van der Waals surface area contributed by atoms with Crippen LogP contribution in [0.25, 0.3) is 0 Å². The lowest BCUT2D eigenvalue weighted by molar-refractivity contribution is -0.127. The van der Waals surface area contributed by atoms with Crippen molar-refractivity contribution in [2.45, 2.75) is 26.3 Å². The van der Waals surface area contributed by atoms with E-state index >= 15 is 0 Å². The van der Waals surface area contributed by atoms with Gasteiger partial charge in [0.1, 0.15) is 6.54 Å². The molecule has 0 spiro atoms. The van der Waals surface area contributed by atoms with Crippen LogP contribution in [0.2, 0.25) is 0 Å². The molecule has 130 valence electrons. The van der Waals surface area contributed by atoms with E-state index in [1.54, 1.807) is 19.0 Å². The first-order chi connectivity index (χ1) is 10.8. The third-order valence-electron chi connectivity index (χ3n) is 3.51. The summed E-state index contributed by atoms with van der Waals surface area (Å²) in [5.74, 6) is 0.751. The van der Waals surface area contributed by atoms with Crippen LogP contribution in [-0.2, 0) is 18.4 Å². The molecule has 23 heavy (non-hydrogen) atoms. The number of hydrogen-bond donors (Lipinski definition) is 1. The molecule has 6 nitrogen and oxygen atoms in total. The summed E-state index contributed by atoms with van der Waals surface area (Å²) in [6.45, 7) is 3.88. The number of nitrogens with one attached hydrogen (secondary N) is 1. The van der Waals surface area contributed by atoms with Gasteiger partial charge in [0.15, 0.2) is 5.96 Å². The SMILES string of the molecule is CCCCNC(=NCC(=O)N(C)C)N(C)Cc1cc(Br)cn1C. The number of rotatable bonds is 7. The molecule has 0 aliphatic rings. The third-order valence-corrected chi connectivity index (χ3v) is 3.95. The van der Waals surface area contributed by atoms with Gasteiger partial charge in [-0.2, -0.15) is 0 Å². The Kier molecular flexibility index (Phi) is 8.16. The summed E-state index contributed by atoms with van der Waals surface area (Å²) >= 11 is 3.49. The van der Waals surface area contributed by atoms with Crippen molar-refractivity contribution >= 4 is 27.8 Å². The Balaban J connectivity index is 2.78. The Labute approximate surface area is 147 Å². The molecule has 0 fully saturated rings. The Morgan fingerprint density at radius 2 is 2.09 bits per heavy atom. The van der Waals surface area contributed by atoms with Crippen molar-refractivity contribution in [3.8, 4) is 0 Å². The van der Waals surface area contributed by atoms with Gasteiger partial charge in [-0.15, -0.1) is 0 Å². The molecule has 0 aliphatic heterocycles. The number of nitrogens with zero attached hydrogens (tertiary/aromatic N) is 4. The average molecular weight is 386 g/mol. The normalized spacial score (nSPS) is 11.5. The van der Waals surface area contributed by atoms with Crippen molar-refractivity contribution in [2.24, 2.45) is 12.0 Å². The smallest absolute Gasteiger partial charge is 0.243 e. The van der Waals surface area contributed by atoms with E-state index in [0.717, 1.165) is 36.4 Å². The van der Waals surface area contributed by atoms with Crippen molar-refractivity contribution in [3.63, 3.8) is 0 Å². The molecular weight excluding hydrogens is 358 g/mol. The number of aliphatic imine (C=N–C) groups is 1. The lowest BCUT2D eigenvalue weighted by Gasteiger charge is -2.23.